The van der Waals surface area contributed by atoms with Gasteiger partial charge in [0.25, 0.3) is 0 Å². The van der Waals surface area contributed by atoms with E-state index in [1.807, 2.05) is 6.92 Å². The van der Waals surface area contributed by atoms with Crippen LogP contribution in [-0.2, 0) is 14.3 Å². The van der Waals surface area contributed by atoms with Crippen molar-refractivity contribution < 1.29 is 14.3 Å². The molecule has 1 amide bonds. The Balaban J connectivity index is 3.67. The molecule has 5 heteroatoms. The second kappa shape index (κ2) is 7.32. The Morgan fingerprint density at radius 3 is 2.57 bits per heavy atom. The third kappa shape index (κ3) is 5.53. The van der Waals surface area contributed by atoms with Gasteiger partial charge >= 0.3 is 5.97 Å². The van der Waals surface area contributed by atoms with Crippen LogP contribution in [0.2, 0.25) is 0 Å². The van der Waals surface area contributed by atoms with Crippen LogP contribution in [0, 0.1) is 0 Å². The minimum atomic E-state index is -0.533. The average molecular weight is 202 g/mol. The SMILES string of the molecule is CCC[C@H](N)C(=O)NCC(=O)OCC. The van der Waals surface area contributed by atoms with Crippen molar-refractivity contribution in [2.24, 2.45) is 5.73 Å². The van der Waals surface area contributed by atoms with Crippen molar-refractivity contribution in [3.63, 3.8) is 0 Å². The smallest absolute Gasteiger partial charge is 0.325 e. The van der Waals surface area contributed by atoms with E-state index in [1.165, 1.54) is 0 Å². The van der Waals surface area contributed by atoms with Crippen LogP contribution in [0.3, 0.4) is 0 Å². The Labute approximate surface area is 84.0 Å². The second-order valence-corrected chi connectivity index (χ2v) is 2.92. The summed E-state index contributed by atoms with van der Waals surface area (Å²) in [5.74, 6) is -0.746. The van der Waals surface area contributed by atoms with E-state index in [1.54, 1.807) is 6.92 Å². The number of hydrogen-bond acceptors (Lipinski definition) is 4. The third-order valence-electron chi connectivity index (χ3n) is 1.65. The highest BCUT2D eigenvalue weighted by molar-refractivity contribution is 5.85. The third-order valence-corrected chi connectivity index (χ3v) is 1.65. The van der Waals surface area contributed by atoms with E-state index >= 15 is 0 Å². The lowest BCUT2D eigenvalue weighted by molar-refractivity contribution is -0.143. The van der Waals surface area contributed by atoms with E-state index in [0.29, 0.717) is 13.0 Å². The molecule has 0 radical (unpaired) electrons. The van der Waals surface area contributed by atoms with Crippen molar-refractivity contribution in [1.82, 2.24) is 5.32 Å². The number of rotatable bonds is 6. The Morgan fingerprint density at radius 1 is 1.43 bits per heavy atom. The van der Waals surface area contributed by atoms with Crippen LogP contribution in [0.15, 0.2) is 0 Å². The molecule has 0 fully saturated rings. The molecule has 0 unspecified atom stereocenters. The van der Waals surface area contributed by atoms with Crippen molar-refractivity contribution in [3.8, 4) is 0 Å². The average Bonchev–Trinajstić information content (AvgIpc) is 2.15. The lowest BCUT2D eigenvalue weighted by Gasteiger charge is -2.10. The molecule has 0 aromatic carbocycles. The highest BCUT2D eigenvalue weighted by Gasteiger charge is 2.13. The zero-order chi connectivity index (χ0) is 11.0. The molecule has 1 atom stereocenters. The molecule has 0 aromatic heterocycles. The molecule has 0 aliphatic heterocycles. The minimum absolute atomic E-state index is 0.107. The van der Waals surface area contributed by atoms with Crippen LogP contribution in [-0.4, -0.2) is 31.1 Å². The molecule has 0 aliphatic rings. The number of nitrogens with one attached hydrogen (secondary N) is 1. The summed E-state index contributed by atoms with van der Waals surface area (Å²) in [7, 11) is 0. The molecule has 3 N–H and O–H groups in total. The summed E-state index contributed by atoms with van der Waals surface area (Å²) >= 11 is 0. The molecule has 14 heavy (non-hydrogen) atoms. The maximum Gasteiger partial charge on any atom is 0.325 e. The topological polar surface area (TPSA) is 81.4 Å². The molecule has 0 saturated heterocycles. The van der Waals surface area contributed by atoms with E-state index < -0.39 is 12.0 Å². The van der Waals surface area contributed by atoms with Gasteiger partial charge in [-0.25, -0.2) is 0 Å². The number of nitrogens with two attached hydrogens (primary N) is 1. The van der Waals surface area contributed by atoms with Crippen molar-refractivity contribution in [2.45, 2.75) is 32.7 Å². The first-order valence-electron chi connectivity index (χ1n) is 4.80. The molecule has 0 bridgehead atoms. The van der Waals surface area contributed by atoms with Gasteiger partial charge in [0.1, 0.15) is 6.54 Å². The number of carbonyl (C=O) groups is 2. The first-order chi connectivity index (χ1) is 6.61. The van der Waals surface area contributed by atoms with Gasteiger partial charge in [0.15, 0.2) is 0 Å². The molecule has 0 aliphatic carbocycles. The first kappa shape index (κ1) is 12.9. The van der Waals surface area contributed by atoms with E-state index in [-0.39, 0.29) is 12.5 Å². The largest absolute Gasteiger partial charge is 0.465 e. The Morgan fingerprint density at radius 2 is 2.07 bits per heavy atom. The molecule has 0 spiro atoms. The van der Waals surface area contributed by atoms with E-state index in [9.17, 15) is 9.59 Å². The first-order valence-corrected chi connectivity index (χ1v) is 4.80. The minimum Gasteiger partial charge on any atom is -0.465 e. The van der Waals surface area contributed by atoms with Gasteiger partial charge < -0.3 is 15.8 Å². The predicted octanol–water partition coefficient (Wildman–Crippen LogP) is -0.207. The summed E-state index contributed by atoms with van der Waals surface area (Å²) in [4.78, 5) is 22.0. The summed E-state index contributed by atoms with van der Waals surface area (Å²) in [6, 6.07) is -0.533. The number of amides is 1. The van der Waals surface area contributed by atoms with Gasteiger partial charge in [-0.15, -0.1) is 0 Å². The summed E-state index contributed by atoms with van der Waals surface area (Å²) < 4.78 is 4.64. The number of carbonyl (C=O) groups excluding carboxylic acids is 2. The van der Waals surface area contributed by atoms with Gasteiger partial charge in [-0.05, 0) is 13.3 Å². The fourth-order valence-electron chi connectivity index (χ4n) is 0.944. The number of esters is 1. The summed E-state index contributed by atoms with van der Waals surface area (Å²) in [5, 5.41) is 2.41. The highest BCUT2D eigenvalue weighted by atomic mass is 16.5. The van der Waals surface area contributed by atoms with E-state index in [2.05, 4.69) is 10.1 Å². The molecular weight excluding hydrogens is 184 g/mol. The van der Waals surface area contributed by atoms with E-state index in [4.69, 9.17) is 5.73 Å². The van der Waals surface area contributed by atoms with Gasteiger partial charge in [0, 0.05) is 0 Å². The molecule has 5 nitrogen and oxygen atoms in total. The number of ether oxygens (including phenoxy) is 1. The van der Waals surface area contributed by atoms with Gasteiger partial charge in [-0.2, -0.15) is 0 Å². The summed E-state index contributed by atoms with van der Waals surface area (Å²) in [6.45, 7) is 3.86. The summed E-state index contributed by atoms with van der Waals surface area (Å²) in [5.41, 5.74) is 5.52. The van der Waals surface area contributed by atoms with Gasteiger partial charge in [-0.3, -0.25) is 9.59 Å². The lowest BCUT2D eigenvalue weighted by atomic mass is 10.2. The Hall–Kier alpha value is -1.10. The number of hydrogen-bond donors (Lipinski definition) is 2. The van der Waals surface area contributed by atoms with Crippen LogP contribution in [0.4, 0.5) is 0 Å². The van der Waals surface area contributed by atoms with Crippen LogP contribution >= 0.6 is 0 Å². The van der Waals surface area contributed by atoms with Gasteiger partial charge in [0.05, 0.1) is 12.6 Å². The van der Waals surface area contributed by atoms with Gasteiger partial charge in [0.2, 0.25) is 5.91 Å². The zero-order valence-electron chi connectivity index (χ0n) is 8.71. The maximum atomic E-state index is 11.2. The van der Waals surface area contributed by atoms with E-state index in [0.717, 1.165) is 6.42 Å². The van der Waals surface area contributed by atoms with Crippen molar-refractivity contribution in [3.05, 3.63) is 0 Å². The van der Waals surface area contributed by atoms with Crippen molar-refractivity contribution in [1.29, 1.82) is 0 Å². The van der Waals surface area contributed by atoms with Crippen molar-refractivity contribution >= 4 is 11.9 Å². The second-order valence-electron chi connectivity index (χ2n) is 2.92. The fourth-order valence-corrected chi connectivity index (χ4v) is 0.944. The zero-order valence-corrected chi connectivity index (χ0v) is 8.71. The van der Waals surface area contributed by atoms with Crippen LogP contribution in [0.25, 0.3) is 0 Å². The monoisotopic (exact) mass is 202 g/mol. The lowest BCUT2D eigenvalue weighted by Crippen LogP contribution is -2.42. The van der Waals surface area contributed by atoms with Crippen LogP contribution < -0.4 is 11.1 Å². The maximum absolute atomic E-state index is 11.2. The quantitative estimate of drug-likeness (QED) is 0.584. The molecule has 0 rings (SSSR count). The Bertz CT molecular complexity index is 194. The standard InChI is InChI=1S/C9H18N2O3/c1-3-5-7(10)9(13)11-6-8(12)14-4-2/h7H,3-6,10H2,1-2H3,(H,11,13)/t7-/m0/s1. The molecule has 82 valence electrons. The normalized spacial score (nSPS) is 11.9. The van der Waals surface area contributed by atoms with Crippen molar-refractivity contribution in [2.75, 3.05) is 13.2 Å². The van der Waals surface area contributed by atoms with Crippen LogP contribution in [0.1, 0.15) is 26.7 Å². The molecule has 0 saturated carbocycles. The Kier molecular flexibility index (Phi) is 6.74. The highest BCUT2D eigenvalue weighted by Crippen LogP contribution is 1.92. The fraction of sp³-hybridized carbons (Fsp3) is 0.778. The predicted molar refractivity (Wildman–Crippen MR) is 52.5 cm³/mol. The molecule has 0 aromatic rings. The van der Waals surface area contributed by atoms with Gasteiger partial charge in [-0.1, -0.05) is 13.3 Å². The molecular formula is C9H18N2O3. The van der Waals surface area contributed by atoms with Crippen LogP contribution in [0.5, 0.6) is 0 Å². The summed E-state index contributed by atoms with van der Waals surface area (Å²) in [6.07, 6.45) is 1.46. The molecule has 0 heterocycles.